The van der Waals surface area contributed by atoms with Crippen LogP contribution >= 0.6 is 0 Å². The van der Waals surface area contributed by atoms with E-state index in [1.54, 1.807) is 0 Å². The zero-order valence-corrected chi connectivity index (χ0v) is 16.2. The highest BCUT2D eigenvalue weighted by atomic mass is 28.3. The summed E-state index contributed by atoms with van der Waals surface area (Å²) in [5.41, 5.74) is 0.919. The average molecular weight is 325 g/mol. The Hall–Kier alpha value is -0.823. The molecule has 0 radical (unpaired) electrons. The summed E-state index contributed by atoms with van der Waals surface area (Å²) < 4.78 is 0. The van der Waals surface area contributed by atoms with Crippen LogP contribution in [0.4, 0.5) is 0 Å². The summed E-state index contributed by atoms with van der Waals surface area (Å²) in [6.45, 7) is 10.4. The van der Waals surface area contributed by atoms with Gasteiger partial charge in [-0.15, -0.1) is 0 Å². The monoisotopic (exact) mass is 324 g/mol. The van der Waals surface area contributed by atoms with E-state index in [0.717, 1.165) is 41.0 Å². The molecular formula is C22H32Si. The van der Waals surface area contributed by atoms with Crippen molar-refractivity contribution in [3.05, 3.63) is 47.7 Å². The third-order valence-corrected chi connectivity index (χ3v) is 12.1. The molecule has 2 saturated carbocycles. The third kappa shape index (κ3) is 2.47. The third-order valence-electron chi connectivity index (χ3n) is 7.43. The Morgan fingerprint density at radius 3 is 2.43 bits per heavy atom. The highest BCUT2D eigenvalue weighted by Crippen LogP contribution is 2.57. The molecular weight excluding hydrogens is 292 g/mol. The van der Waals surface area contributed by atoms with Gasteiger partial charge in [-0.25, -0.2) is 0 Å². The van der Waals surface area contributed by atoms with E-state index in [0.29, 0.717) is 0 Å². The fourth-order valence-electron chi connectivity index (χ4n) is 6.65. The van der Waals surface area contributed by atoms with Crippen LogP contribution < -0.4 is 0 Å². The number of rotatable bonds is 2. The summed E-state index contributed by atoms with van der Waals surface area (Å²) in [6.07, 6.45) is 21.3. The predicted molar refractivity (Wildman–Crippen MR) is 103 cm³/mol. The van der Waals surface area contributed by atoms with Gasteiger partial charge in [0.25, 0.3) is 0 Å². The van der Waals surface area contributed by atoms with Crippen molar-refractivity contribution in [2.24, 2.45) is 35.5 Å². The van der Waals surface area contributed by atoms with E-state index in [4.69, 9.17) is 0 Å². The summed E-state index contributed by atoms with van der Waals surface area (Å²) in [5, 5.41) is 1.90. The smallest absolute Gasteiger partial charge is 0.0797 e. The summed E-state index contributed by atoms with van der Waals surface area (Å²) in [6, 6.07) is 0. The SMILES string of the molecule is CC1CC2C=CC=C([Si](C)(C)[C@H]3C(C)CC4C=CC=CC43)C2C1. The fraction of sp³-hybridized carbons (Fsp3) is 0.636. The van der Waals surface area contributed by atoms with Crippen molar-refractivity contribution in [1.29, 1.82) is 0 Å². The van der Waals surface area contributed by atoms with Gasteiger partial charge in [0.2, 0.25) is 0 Å². The molecule has 124 valence electrons. The number of allylic oxidation sites excluding steroid dienone is 8. The zero-order valence-electron chi connectivity index (χ0n) is 15.2. The lowest BCUT2D eigenvalue weighted by atomic mass is 9.91. The van der Waals surface area contributed by atoms with Crippen LogP contribution in [0.3, 0.4) is 0 Å². The maximum Gasteiger partial charge on any atom is 0.0797 e. The maximum absolute atomic E-state index is 2.69. The quantitative estimate of drug-likeness (QED) is 0.533. The van der Waals surface area contributed by atoms with Crippen LogP contribution in [0.5, 0.6) is 0 Å². The van der Waals surface area contributed by atoms with Crippen molar-refractivity contribution in [1.82, 2.24) is 0 Å². The Bertz CT molecular complexity index is 591. The Morgan fingerprint density at radius 1 is 0.870 bits per heavy atom. The Morgan fingerprint density at radius 2 is 1.61 bits per heavy atom. The molecule has 23 heavy (non-hydrogen) atoms. The van der Waals surface area contributed by atoms with Gasteiger partial charge in [-0.1, -0.05) is 74.7 Å². The second-order valence-electron chi connectivity index (χ2n) is 9.33. The molecule has 0 aromatic heterocycles. The lowest BCUT2D eigenvalue weighted by molar-refractivity contribution is 0.515. The van der Waals surface area contributed by atoms with E-state index in [2.05, 4.69) is 69.5 Å². The predicted octanol–water partition coefficient (Wildman–Crippen LogP) is 6.16. The summed E-state index contributed by atoms with van der Waals surface area (Å²) in [5.74, 6) is 5.11. The molecule has 1 heteroatoms. The van der Waals surface area contributed by atoms with Gasteiger partial charge in [-0.05, 0) is 60.3 Å². The molecule has 0 heterocycles. The molecule has 4 aliphatic carbocycles. The second kappa shape index (κ2) is 5.62. The summed E-state index contributed by atoms with van der Waals surface area (Å²) >= 11 is 0. The first-order valence-electron chi connectivity index (χ1n) is 9.72. The zero-order chi connectivity index (χ0) is 16.2. The van der Waals surface area contributed by atoms with E-state index in [1.165, 1.54) is 19.3 Å². The Kier molecular flexibility index (Phi) is 3.83. The fourth-order valence-corrected chi connectivity index (χ4v) is 11.7. The molecule has 6 unspecified atom stereocenters. The van der Waals surface area contributed by atoms with Crippen LogP contribution in [-0.2, 0) is 0 Å². The first kappa shape index (κ1) is 15.7. The minimum absolute atomic E-state index is 0.806. The molecule has 2 fully saturated rings. The van der Waals surface area contributed by atoms with Crippen molar-refractivity contribution < 1.29 is 0 Å². The Balaban J connectivity index is 1.67. The van der Waals surface area contributed by atoms with Crippen molar-refractivity contribution in [3.63, 3.8) is 0 Å². The molecule has 0 saturated heterocycles. The lowest BCUT2D eigenvalue weighted by Gasteiger charge is -2.42. The van der Waals surface area contributed by atoms with Crippen LogP contribution in [0.2, 0.25) is 18.6 Å². The summed E-state index contributed by atoms with van der Waals surface area (Å²) in [4.78, 5) is 0. The van der Waals surface area contributed by atoms with E-state index < -0.39 is 8.07 Å². The van der Waals surface area contributed by atoms with Crippen LogP contribution in [0.15, 0.2) is 47.7 Å². The second-order valence-corrected chi connectivity index (χ2v) is 14.0. The van der Waals surface area contributed by atoms with Crippen LogP contribution in [-0.4, -0.2) is 8.07 Å². The van der Waals surface area contributed by atoms with Gasteiger partial charge in [-0.3, -0.25) is 0 Å². The molecule has 7 atom stereocenters. The molecule has 4 rings (SSSR count). The van der Waals surface area contributed by atoms with E-state index in [1.807, 2.05) is 5.20 Å². The minimum atomic E-state index is -1.43. The van der Waals surface area contributed by atoms with Gasteiger partial charge in [0, 0.05) is 0 Å². The van der Waals surface area contributed by atoms with Crippen molar-refractivity contribution in [2.45, 2.75) is 51.7 Å². The van der Waals surface area contributed by atoms with Crippen molar-refractivity contribution in [2.75, 3.05) is 0 Å². The summed E-state index contributed by atoms with van der Waals surface area (Å²) in [7, 11) is -1.43. The van der Waals surface area contributed by atoms with Gasteiger partial charge in [0.15, 0.2) is 0 Å². The molecule has 0 nitrogen and oxygen atoms in total. The molecule has 0 aromatic carbocycles. The highest BCUT2D eigenvalue weighted by molar-refractivity contribution is 6.85. The largest absolute Gasteiger partial charge is 0.0808 e. The van der Waals surface area contributed by atoms with Gasteiger partial charge >= 0.3 is 0 Å². The molecule has 0 aliphatic heterocycles. The van der Waals surface area contributed by atoms with E-state index in [-0.39, 0.29) is 0 Å². The molecule has 0 N–H and O–H groups in total. The standard InChI is InChI=1S/C22H32Si/c1-15-12-17-9-7-11-21(20(17)13-15)23(3,4)22-16(2)14-18-8-5-6-10-19(18)22/h5-11,15-20,22H,12-14H2,1-4H3/t15?,16?,17?,18?,19?,20?,22-/m0/s1. The van der Waals surface area contributed by atoms with Crippen molar-refractivity contribution >= 4 is 8.07 Å². The minimum Gasteiger partial charge on any atom is -0.0808 e. The van der Waals surface area contributed by atoms with Crippen LogP contribution in [0.25, 0.3) is 0 Å². The van der Waals surface area contributed by atoms with Crippen LogP contribution in [0.1, 0.15) is 33.1 Å². The number of hydrogen-bond donors (Lipinski definition) is 0. The van der Waals surface area contributed by atoms with Gasteiger partial charge in [0.05, 0.1) is 8.07 Å². The van der Waals surface area contributed by atoms with E-state index >= 15 is 0 Å². The molecule has 0 amide bonds. The molecule has 4 aliphatic rings. The number of hydrogen-bond acceptors (Lipinski definition) is 0. The van der Waals surface area contributed by atoms with Crippen molar-refractivity contribution in [3.8, 4) is 0 Å². The van der Waals surface area contributed by atoms with Gasteiger partial charge in [-0.2, -0.15) is 0 Å². The van der Waals surface area contributed by atoms with Gasteiger partial charge < -0.3 is 0 Å². The maximum atomic E-state index is 2.69. The molecule has 0 spiro atoms. The molecule has 0 bridgehead atoms. The first-order chi connectivity index (χ1) is 11.0. The normalized spacial score (nSPS) is 45.0. The first-order valence-corrected chi connectivity index (χ1v) is 12.8. The molecule has 0 aromatic rings. The van der Waals surface area contributed by atoms with Crippen LogP contribution in [0, 0.1) is 35.5 Å². The number of fused-ring (bicyclic) bond motifs is 2. The lowest BCUT2D eigenvalue weighted by Crippen LogP contribution is -2.43. The average Bonchev–Trinajstić information content (AvgIpc) is 3.04. The van der Waals surface area contributed by atoms with Gasteiger partial charge in [0.1, 0.15) is 0 Å². The Labute approximate surface area is 143 Å². The highest BCUT2D eigenvalue weighted by Gasteiger charge is 2.51. The van der Waals surface area contributed by atoms with E-state index in [9.17, 15) is 0 Å². The topological polar surface area (TPSA) is 0 Å².